The Morgan fingerprint density at radius 3 is 0.950 bits per heavy atom. The minimum Gasteiger partial charge on any atom is -0.378 e. The van der Waals surface area contributed by atoms with Crippen molar-refractivity contribution >= 4 is 40.7 Å². The lowest BCUT2D eigenvalue weighted by Gasteiger charge is -2.42. The van der Waals surface area contributed by atoms with Crippen molar-refractivity contribution in [3.05, 3.63) is 93.6 Å². The van der Waals surface area contributed by atoms with Crippen LogP contribution in [0.1, 0.15) is 44.4 Å². The van der Waals surface area contributed by atoms with Crippen LogP contribution in [0, 0.1) is 20.8 Å². The number of allylic oxidation sites excluding steroid dienone is 4. The summed E-state index contributed by atoms with van der Waals surface area (Å²) in [5, 5.41) is 4.44. The van der Waals surface area contributed by atoms with Gasteiger partial charge in [-0.2, -0.15) is 0 Å². The van der Waals surface area contributed by atoms with E-state index in [-0.39, 0.29) is 0 Å². The van der Waals surface area contributed by atoms with Gasteiger partial charge >= 0.3 is 0 Å². The minimum atomic E-state index is -2.72. The van der Waals surface area contributed by atoms with Crippen LogP contribution < -0.4 is 30.3 Å². The Labute approximate surface area is 244 Å². The first-order valence-electron chi connectivity index (χ1n) is 14.4. The van der Waals surface area contributed by atoms with Crippen molar-refractivity contribution in [1.29, 1.82) is 0 Å². The molecule has 4 heteroatoms. The molecule has 0 saturated heterocycles. The maximum absolute atomic E-state index is 2.72. The third kappa shape index (κ3) is 5.03. The zero-order chi connectivity index (χ0) is 29.7. The van der Waals surface area contributed by atoms with E-state index in [1.807, 2.05) is 0 Å². The molecule has 212 valence electrons. The predicted octanol–water partition coefficient (Wildman–Crippen LogP) is 6.34. The van der Waals surface area contributed by atoms with E-state index in [0.29, 0.717) is 5.54 Å². The van der Waals surface area contributed by atoms with Crippen molar-refractivity contribution in [2.75, 3.05) is 57.0 Å². The van der Waals surface area contributed by atoms with Gasteiger partial charge in [0.05, 0.1) is 0 Å². The Balaban J connectivity index is 2.32. The van der Waals surface area contributed by atoms with Gasteiger partial charge in [0, 0.05) is 64.9 Å². The molecule has 1 aliphatic carbocycles. The number of hydrogen-bond donors (Lipinski definition) is 0. The smallest absolute Gasteiger partial charge is 0.159 e. The highest BCUT2D eigenvalue weighted by atomic mass is 28.3. The Bertz CT molecular complexity index is 1340. The van der Waals surface area contributed by atoms with Crippen LogP contribution in [0.5, 0.6) is 0 Å². The highest BCUT2D eigenvalue weighted by molar-refractivity contribution is 7.13. The normalized spacial score (nSPS) is 14.3. The number of anilines is 3. The summed E-state index contributed by atoms with van der Waals surface area (Å²) >= 11 is 0. The number of nitrogens with zero attached hydrogens (tertiary/aromatic N) is 3. The molecule has 0 saturated carbocycles. The minimum absolute atomic E-state index is 0.331. The van der Waals surface area contributed by atoms with Crippen LogP contribution in [0.4, 0.5) is 17.1 Å². The van der Waals surface area contributed by atoms with Crippen molar-refractivity contribution in [3.8, 4) is 0 Å². The standard InChI is InChI=1S/C36H49N3Si/c1-23-14-30(37(8)9)20-33(17-23)40(36-28(6)26(4)27(5)29(36)7,34-18-24(2)15-31(21-34)38(10)11)35-19-25(3)16-32(22-35)39(12)13/h14-22,36H,1-13H3. The summed E-state index contributed by atoms with van der Waals surface area (Å²) in [7, 11) is 10.3. The SMILES string of the molecule is CC1=C(C)C([Si](c2cc(C)cc(N(C)C)c2)(c2cc(C)cc(N(C)C)c2)c2cc(C)cc(N(C)C)c2)C(C)=C1C. The number of hydrogen-bond acceptors (Lipinski definition) is 3. The summed E-state index contributed by atoms with van der Waals surface area (Å²) in [5.74, 6) is 0. The predicted molar refractivity (Wildman–Crippen MR) is 182 cm³/mol. The maximum atomic E-state index is 2.50. The Kier molecular flexibility index (Phi) is 8.15. The fraction of sp³-hybridized carbons (Fsp3) is 0.389. The first-order valence-corrected chi connectivity index (χ1v) is 16.5. The van der Waals surface area contributed by atoms with Gasteiger partial charge in [-0.3, -0.25) is 0 Å². The number of aryl methyl sites for hydroxylation is 3. The molecule has 0 aliphatic heterocycles. The second-order valence-corrected chi connectivity index (χ2v) is 16.6. The fourth-order valence-electron chi connectivity index (χ4n) is 6.75. The van der Waals surface area contributed by atoms with Crippen molar-refractivity contribution in [2.24, 2.45) is 0 Å². The number of benzene rings is 3. The molecule has 40 heavy (non-hydrogen) atoms. The highest BCUT2D eigenvalue weighted by Gasteiger charge is 2.51. The van der Waals surface area contributed by atoms with Gasteiger partial charge in [-0.1, -0.05) is 29.3 Å². The Hall–Kier alpha value is -3.24. The van der Waals surface area contributed by atoms with Gasteiger partial charge in [-0.25, -0.2) is 0 Å². The fourth-order valence-corrected chi connectivity index (χ4v) is 13.0. The lowest BCUT2D eigenvalue weighted by Crippen LogP contribution is -2.70. The van der Waals surface area contributed by atoms with E-state index in [9.17, 15) is 0 Å². The zero-order valence-electron chi connectivity index (χ0n) is 27.1. The quantitative estimate of drug-likeness (QED) is 0.251. The van der Waals surface area contributed by atoms with E-state index in [1.165, 1.54) is 71.6 Å². The largest absolute Gasteiger partial charge is 0.378 e. The van der Waals surface area contributed by atoms with Crippen molar-refractivity contribution < 1.29 is 0 Å². The zero-order valence-corrected chi connectivity index (χ0v) is 28.1. The van der Waals surface area contributed by atoms with Crippen LogP contribution in [-0.2, 0) is 0 Å². The number of rotatable bonds is 7. The molecule has 3 nitrogen and oxygen atoms in total. The second-order valence-electron chi connectivity index (χ2n) is 12.7. The second kappa shape index (κ2) is 11.0. The maximum Gasteiger partial charge on any atom is 0.159 e. The third-order valence-electron chi connectivity index (χ3n) is 9.15. The molecule has 0 radical (unpaired) electrons. The van der Waals surface area contributed by atoms with Gasteiger partial charge in [0.1, 0.15) is 0 Å². The van der Waals surface area contributed by atoms with E-state index in [2.05, 4.69) is 160 Å². The van der Waals surface area contributed by atoms with Crippen LogP contribution >= 0.6 is 0 Å². The van der Waals surface area contributed by atoms with Crippen LogP contribution in [0.3, 0.4) is 0 Å². The van der Waals surface area contributed by atoms with Gasteiger partial charge in [0.25, 0.3) is 0 Å². The molecule has 3 aromatic rings. The average molecular weight is 552 g/mol. The third-order valence-corrected chi connectivity index (χ3v) is 14.5. The molecule has 0 fully saturated rings. The van der Waals surface area contributed by atoms with Gasteiger partial charge < -0.3 is 14.7 Å². The molecule has 0 bridgehead atoms. The molecule has 3 aromatic carbocycles. The van der Waals surface area contributed by atoms with Crippen LogP contribution in [-0.4, -0.2) is 50.4 Å². The van der Waals surface area contributed by atoms with Crippen LogP contribution in [0.15, 0.2) is 76.9 Å². The van der Waals surface area contributed by atoms with Gasteiger partial charge in [0.2, 0.25) is 0 Å². The molecule has 0 spiro atoms. The van der Waals surface area contributed by atoms with E-state index >= 15 is 0 Å². The summed E-state index contributed by atoms with van der Waals surface area (Å²) in [5.41, 5.74) is 14.0. The van der Waals surface area contributed by atoms with Gasteiger partial charge in [-0.15, -0.1) is 0 Å². The van der Waals surface area contributed by atoms with Crippen LogP contribution in [0.2, 0.25) is 5.54 Å². The summed E-state index contributed by atoms with van der Waals surface area (Å²) in [6, 6.07) is 22.0. The molecule has 0 aromatic heterocycles. The highest BCUT2D eigenvalue weighted by Crippen LogP contribution is 2.47. The first-order chi connectivity index (χ1) is 18.7. The van der Waals surface area contributed by atoms with E-state index in [1.54, 1.807) is 0 Å². The van der Waals surface area contributed by atoms with E-state index in [0.717, 1.165) is 0 Å². The molecule has 0 N–H and O–H groups in total. The van der Waals surface area contributed by atoms with Crippen molar-refractivity contribution in [2.45, 2.75) is 54.0 Å². The van der Waals surface area contributed by atoms with Gasteiger partial charge in [0.15, 0.2) is 8.07 Å². The lowest BCUT2D eigenvalue weighted by molar-refractivity contribution is 1.08. The molecule has 0 heterocycles. The summed E-state index contributed by atoms with van der Waals surface area (Å²) in [4.78, 5) is 6.78. The molecule has 0 amide bonds. The molecule has 4 rings (SSSR count). The topological polar surface area (TPSA) is 9.72 Å². The first kappa shape index (κ1) is 29.7. The Morgan fingerprint density at radius 1 is 0.425 bits per heavy atom. The summed E-state index contributed by atoms with van der Waals surface area (Å²) in [6.45, 7) is 16.2. The van der Waals surface area contributed by atoms with Crippen molar-refractivity contribution in [1.82, 2.24) is 0 Å². The van der Waals surface area contributed by atoms with E-state index < -0.39 is 8.07 Å². The molecule has 0 atom stereocenters. The average Bonchev–Trinajstić information content (AvgIpc) is 3.06. The summed E-state index contributed by atoms with van der Waals surface area (Å²) in [6.07, 6.45) is 0. The monoisotopic (exact) mass is 551 g/mol. The molecular formula is C36H49N3Si. The molecule has 0 unspecified atom stereocenters. The van der Waals surface area contributed by atoms with E-state index in [4.69, 9.17) is 0 Å². The Morgan fingerprint density at radius 2 is 0.700 bits per heavy atom. The van der Waals surface area contributed by atoms with Crippen LogP contribution in [0.25, 0.3) is 0 Å². The van der Waals surface area contributed by atoms with Crippen molar-refractivity contribution in [3.63, 3.8) is 0 Å². The summed E-state index contributed by atoms with van der Waals surface area (Å²) < 4.78 is 0. The molecule has 1 aliphatic rings. The molecular weight excluding hydrogens is 503 g/mol. The van der Waals surface area contributed by atoms with Gasteiger partial charge in [-0.05, 0) is 128 Å². The lowest BCUT2D eigenvalue weighted by atomic mass is 10.1.